The molecule has 2 heterocycles. The summed E-state index contributed by atoms with van der Waals surface area (Å²) in [6.07, 6.45) is 1.71. The number of nitrogens with one attached hydrogen (secondary N) is 1. The van der Waals surface area contributed by atoms with Crippen LogP contribution in [-0.2, 0) is 0 Å². The van der Waals surface area contributed by atoms with Gasteiger partial charge in [0.1, 0.15) is 16.5 Å². The lowest BCUT2D eigenvalue weighted by molar-refractivity contribution is 0.761. The molecule has 1 atom stereocenters. The Bertz CT molecular complexity index is 808. The molecule has 0 spiro atoms. The first kappa shape index (κ1) is 16.4. The molecule has 2 aromatic heterocycles. The van der Waals surface area contributed by atoms with Gasteiger partial charge in [0.25, 0.3) is 0 Å². The number of nitrogens with two attached hydrogens (primary N) is 1. The van der Waals surface area contributed by atoms with E-state index in [1.165, 1.54) is 0 Å². The van der Waals surface area contributed by atoms with Crippen LogP contribution in [0.3, 0.4) is 0 Å². The second-order valence-electron chi connectivity index (χ2n) is 5.41. The second kappa shape index (κ2) is 7.38. The molecular weight excluding hydrogens is 322 g/mol. The molecule has 0 fully saturated rings. The van der Waals surface area contributed by atoms with Crippen LogP contribution in [0.4, 0.5) is 5.82 Å². The van der Waals surface area contributed by atoms with Crippen molar-refractivity contribution in [3.8, 4) is 11.5 Å². The van der Waals surface area contributed by atoms with Gasteiger partial charge in [0.2, 0.25) is 0 Å². The van der Waals surface area contributed by atoms with Gasteiger partial charge in [-0.3, -0.25) is 4.98 Å². The van der Waals surface area contributed by atoms with Crippen LogP contribution in [0.1, 0.15) is 17.3 Å². The molecule has 0 aliphatic rings. The molecule has 6 heteroatoms. The first-order valence-corrected chi connectivity index (χ1v) is 8.03. The lowest BCUT2D eigenvalue weighted by atomic mass is 10.1. The monoisotopic (exact) mass is 339 g/mol. The fraction of sp³-hybridized carbons (Fsp3) is 0.167. The molecule has 0 aliphatic carbocycles. The smallest absolute Gasteiger partial charge is 0.180 e. The van der Waals surface area contributed by atoms with Crippen LogP contribution in [0, 0.1) is 6.92 Å². The van der Waals surface area contributed by atoms with E-state index >= 15 is 0 Å². The first-order chi connectivity index (χ1) is 11.6. The van der Waals surface area contributed by atoms with Crippen molar-refractivity contribution >= 4 is 17.4 Å². The minimum absolute atomic E-state index is 0.157. The molecule has 0 radical (unpaired) electrons. The molecule has 0 saturated heterocycles. The molecule has 0 unspecified atom stereocenters. The Kier molecular flexibility index (Phi) is 5.03. The Labute approximate surface area is 145 Å². The number of aryl methyl sites for hydroxylation is 1. The maximum Gasteiger partial charge on any atom is 0.180 e. The van der Waals surface area contributed by atoms with E-state index in [1.807, 2.05) is 55.5 Å². The number of benzene rings is 1. The van der Waals surface area contributed by atoms with Crippen molar-refractivity contribution in [2.75, 3.05) is 11.9 Å². The maximum atomic E-state index is 6.33. The van der Waals surface area contributed by atoms with Crippen molar-refractivity contribution in [1.82, 2.24) is 15.0 Å². The number of hydrogen-bond donors (Lipinski definition) is 2. The van der Waals surface area contributed by atoms with E-state index in [9.17, 15) is 0 Å². The van der Waals surface area contributed by atoms with Gasteiger partial charge in [-0.2, -0.15) is 0 Å². The topological polar surface area (TPSA) is 76.7 Å². The molecule has 122 valence electrons. The van der Waals surface area contributed by atoms with Gasteiger partial charge >= 0.3 is 0 Å². The third-order valence-electron chi connectivity index (χ3n) is 3.63. The molecule has 0 amide bonds. The van der Waals surface area contributed by atoms with Gasteiger partial charge in [0.05, 0.1) is 5.69 Å². The normalized spacial score (nSPS) is 12.0. The van der Waals surface area contributed by atoms with Gasteiger partial charge in [0, 0.05) is 18.8 Å². The van der Waals surface area contributed by atoms with Crippen molar-refractivity contribution in [1.29, 1.82) is 0 Å². The van der Waals surface area contributed by atoms with E-state index in [-0.39, 0.29) is 6.04 Å². The fourth-order valence-corrected chi connectivity index (χ4v) is 2.46. The van der Waals surface area contributed by atoms with Crippen LogP contribution >= 0.6 is 11.6 Å². The van der Waals surface area contributed by atoms with Crippen LogP contribution in [-0.4, -0.2) is 21.5 Å². The largest absolute Gasteiger partial charge is 0.367 e. The minimum Gasteiger partial charge on any atom is -0.367 e. The predicted octanol–water partition coefficient (Wildman–Crippen LogP) is 3.61. The molecular formula is C18H18ClN5. The molecule has 0 saturated carbocycles. The van der Waals surface area contributed by atoms with E-state index in [4.69, 9.17) is 17.3 Å². The zero-order valence-electron chi connectivity index (χ0n) is 13.3. The summed E-state index contributed by atoms with van der Waals surface area (Å²) in [5.41, 5.74) is 8.67. The number of pyridine rings is 1. The average molecular weight is 340 g/mol. The molecule has 0 bridgehead atoms. The summed E-state index contributed by atoms with van der Waals surface area (Å²) < 4.78 is 0. The zero-order chi connectivity index (χ0) is 16.9. The SMILES string of the molecule is Cc1nc(-c2ccccn2)nc(NC[C@H](N)c2ccccc2)c1Cl. The highest BCUT2D eigenvalue weighted by Gasteiger charge is 2.13. The minimum atomic E-state index is -0.157. The van der Waals surface area contributed by atoms with Crippen LogP contribution in [0.5, 0.6) is 0 Å². The van der Waals surface area contributed by atoms with E-state index in [2.05, 4.69) is 20.3 Å². The lowest BCUT2D eigenvalue weighted by Crippen LogP contribution is -2.21. The Morgan fingerprint density at radius 3 is 2.54 bits per heavy atom. The Morgan fingerprint density at radius 1 is 1.08 bits per heavy atom. The van der Waals surface area contributed by atoms with Gasteiger partial charge in [-0.05, 0) is 24.6 Å². The Balaban J connectivity index is 1.81. The van der Waals surface area contributed by atoms with Crippen molar-refractivity contribution in [3.05, 3.63) is 71.0 Å². The van der Waals surface area contributed by atoms with Crippen molar-refractivity contribution in [2.45, 2.75) is 13.0 Å². The first-order valence-electron chi connectivity index (χ1n) is 7.65. The van der Waals surface area contributed by atoms with Gasteiger partial charge < -0.3 is 11.1 Å². The standard InChI is InChI=1S/C18H18ClN5/c1-12-16(19)18(22-11-14(20)13-7-3-2-4-8-13)24-17(23-12)15-9-5-6-10-21-15/h2-10,14H,11,20H2,1H3,(H,22,23,24)/t14-/m0/s1. The summed E-state index contributed by atoms with van der Waals surface area (Å²) in [5.74, 6) is 1.10. The number of aromatic nitrogens is 3. The van der Waals surface area contributed by atoms with E-state index in [1.54, 1.807) is 6.20 Å². The quantitative estimate of drug-likeness (QED) is 0.742. The Hall–Kier alpha value is -2.50. The number of anilines is 1. The fourth-order valence-electron chi connectivity index (χ4n) is 2.31. The number of rotatable bonds is 5. The van der Waals surface area contributed by atoms with Crippen molar-refractivity contribution in [2.24, 2.45) is 5.73 Å². The molecule has 1 aromatic carbocycles. The lowest BCUT2D eigenvalue weighted by Gasteiger charge is -2.15. The number of hydrogen-bond acceptors (Lipinski definition) is 5. The van der Waals surface area contributed by atoms with E-state index < -0.39 is 0 Å². The highest BCUT2D eigenvalue weighted by Crippen LogP contribution is 2.26. The molecule has 3 aromatic rings. The number of nitrogens with zero attached hydrogens (tertiary/aromatic N) is 3. The van der Waals surface area contributed by atoms with Gasteiger partial charge in [-0.1, -0.05) is 48.0 Å². The summed E-state index contributed by atoms with van der Waals surface area (Å²) in [5, 5.41) is 3.72. The number of halogens is 1. The third-order valence-corrected chi connectivity index (χ3v) is 4.08. The van der Waals surface area contributed by atoms with Crippen molar-refractivity contribution in [3.63, 3.8) is 0 Å². The van der Waals surface area contributed by atoms with Crippen LogP contribution in [0.25, 0.3) is 11.5 Å². The summed E-state index contributed by atoms with van der Waals surface area (Å²) in [7, 11) is 0. The molecule has 0 aliphatic heterocycles. The predicted molar refractivity (Wildman–Crippen MR) is 96.9 cm³/mol. The Morgan fingerprint density at radius 2 is 1.83 bits per heavy atom. The van der Waals surface area contributed by atoms with Gasteiger partial charge in [-0.15, -0.1) is 0 Å². The van der Waals surface area contributed by atoms with Crippen LogP contribution in [0.2, 0.25) is 5.02 Å². The third kappa shape index (κ3) is 3.69. The highest BCUT2D eigenvalue weighted by molar-refractivity contribution is 6.33. The molecule has 3 rings (SSSR count). The summed E-state index contributed by atoms with van der Waals surface area (Å²) >= 11 is 6.33. The summed E-state index contributed by atoms with van der Waals surface area (Å²) in [6.45, 7) is 2.36. The van der Waals surface area contributed by atoms with E-state index in [0.717, 1.165) is 5.56 Å². The van der Waals surface area contributed by atoms with E-state index in [0.29, 0.717) is 34.6 Å². The molecule has 24 heavy (non-hydrogen) atoms. The zero-order valence-corrected chi connectivity index (χ0v) is 14.0. The maximum absolute atomic E-state index is 6.33. The highest BCUT2D eigenvalue weighted by atomic mass is 35.5. The van der Waals surface area contributed by atoms with Crippen LogP contribution < -0.4 is 11.1 Å². The summed E-state index contributed by atoms with van der Waals surface area (Å²) in [4.78, 5) is 13.2. The summed E-state index contributed by atoms with van der Waals surface area (Å²) in [6, 6.07) is 15.4. The molecule has 5 nitrogen and oxygen atoms in total. The second-order valence-corrected chi connectivity index (χ2v) is 5.79. The van der Waals surface area contributed by atoms with Gasteiger partial charge in [-0.25, -0.2) is 9.97 Å². The van der Waals surface area contributed by atoms with Crippen molar-refractivity contribution < 1.29 is 0 Å². The molecule has 3 N–H and O–H groups in total. The van der Waals surface area contributed by atoms with Crippen LogP contribution in [0.15, 0.2) is 54.7 Å². The average Bonchev–Trinajstić information content (AvgIpc) is 2.64. The van der Waals surface area contributed by atoms with Gasteiger partial charge in [0.15, 0.2) is 5.82 Å².